The molecule has 0 fully saturated rings. The molecule has 1 aromatic heterocycles. The Labute approximate surface area is 89.0 Å². The average Bonchev–Trinajstić information content (AvgIpc) is 2.55. The minimum atomic E-state index is 0.230. The highest BCUT2D eigenvalue weighted by atomic mass is 32.1. The normalized spacial score (nSPS) is 9.23. The van der Waals surface area contributed by atoms with Gasteiger partial charge in [0.2, 0.25) is 0 Å². The van der Waals surface area contributed by atoms with Gasteiger partial charge in [-0.3, -0.25) is 0 Å². The summed E-state index contributed by atoms with van der Waals surface area (Å²) in [5.41, 5.74) is 4.82. The summed E-state index contributed by atoms with van der Waals surface area (Å²) >= 11 is 5.15. The second kappa shape index (κ2) is 5.90. The molecule has 0 saturated heterocycles. The van der Waals surface area contributed by atoms with E-state index in [1.807, 2.05) is 17.6 Å². The minimum Gasteiger partial charge on any atom is -0.359 e. The first-order valence-corrected chi connectivity index (χ1v) is 5.09. The maximum absolute atomic E-state index is 4.59. The number of nitrogens with two attached hydrogens (primary N) is 1. The van der Waals surface area contributed by atoms with E-state index in [0.29, 0.717) is 0 Å². The molecule has 1 aromatic rings. The van der Waals surface area contributed by atoms with E-state index in [-0.39, 0.29) is 5.41 Å². The average molecular weight is 214 g/mol. The van der Waals surface area contributed by atoms with E-state index >= 15 is 0 Å². The molecule has 1 heterocycles. The molecule has 72 valence electrons. The van der Waals surface area contributed by atoms with Gasteiger partial charge in [-0.25, -0.2) is 4.98 Å². The van der Waals surface area contributed by atoms with Crippen molar-refractivity contribution in [3.8, 4) is 11.3 Å². The molecule has 0 atom stereocenters. The van der Waals surface area contributed by atoms with Crippen LogP contribution in [0.2, 0.25) is 0 Å². The highest BCUT2D eigenvalue weighted by Gasteiger charge is 2.15. The topological polar surface area (TPSA) is 38.9 Å². The first-order valence-electron chi connectivity index (χ1n) is 3.77. The molecule has 1 rings (SSSR count). The summed E-state index contributed by atoms with van der Waals surface area (Å²) in [6.07, 6.45) is 1.85. The summed E-state index contributed by atoms with van der Waals surface area (Å²) in [6, 6.07) is 2.04. The van der Waals surface area contributed by atoms with Gasteiger partial charge in [0.15, 0.2) is 0 Å². The van der Waals surface area contributed by atoms with Crippen LogP contribution in [0.4, 0.5) is 0 Å². The molecule has 0 aliphatic rings. The maximum Gasteiger partial charge on any atom is 0.0978 e. The Morgan fingerprint density at radius 2 is 2.08 bits per heavy atom. The Balaban J connectivity index is 0.000000310. The van der Waals surface area contributed by atoms with Crippen LogP contribution < -0.4 is 5.73 Å². The van der Waals surface area contributed by atoms with Crippen LogP contribution in [0.3, 0.4) is 0 Å². The van der Waals surface area contributed by atoms with Gasteiger partial charge in [-0.1, -0.05) is 33.4 Å². The molecular formula is C9H14N2S2. The van der Waals surface area contributed by atoms with Crippen molar-refractivity contribution in [2.45, 2.75) is 26.2 Å². The summed E-state index contributed by atoms with van der Waals surface area (Å²) in [5.74, 6) is 0. The van der Waals surface area contributed by atoms with Crippen molar-refractivity contribution in [3.05, 3.63) is 16.6 Å². The van der Waals surface area contributed by atoms with E-state index in [4.69, 9.17) is 0 Å². The van der Waals surface area contributed by atoms with Gasteiger partial charge in [-0.05, 0) is 5.25 Å². The molecule has 0 bridgehead atoms. The lowest BCUT2D eigenvalue weighted by Gasteiger charge is -2.12. The van der Waals surface area contributed by atoms with Crippen molar-refractivity contribution in [1.82, 2.24) is 4.98 Å². The molecule has 4 heteroatoms. The first-order chi connectivity index (χ1) is 6.02. The monoisotopic (exact) mass is 214 g/mol. The van der Waals surface area contributed by atoms with Crippen molar-refractivity contribution in [1.29, 1.82) is 0 Å². The summed E-state index contributed by atoms with van der Waals surface area (Å²) < 4.78 is 0. The third kappa shape index (κ3) is 5.56. The summed E-state index contributed by atoms with van der Waals surface area (Å²) in [7, 11) is 0. The summed E-state index contributed by atoms with van der Waals surface area (Å²) in [6.45, 7) is 6.52. The molecule has 0 aliphatic heterocycles. The molecule has 0 aromatic carbocycles. The lowest BCUT2D eigenvalue weighted by atomic mass is 9.98. The number of hydrogen-bond donors (Lipinski definition) is 2. The number of thiazole rings is 1. The van der Waals surface area contributed by atoms with Gasteiger partial charge in [-0.15, -0.1) is 11.3 Å². The zero-order valence-corrected chi connectivity index (χ0v) is 9.75. The Bertz CT molecular complexity index is 269. The predicted octanol–water partition coefficient (Wildman–Crippen LogP) is 2.23. The zero-order chi connectivity index (χ0) is 10.3. The lowest BCUT2D eigenvalue weighted by molar-refractivity contribution is 0.585. The molecular weight excluding hydrogens is 200 g/mol. The quantitative estimate of drug-likeness (QED) is 0.395. The zero-order valence-electron chi connectivity index (χ0n) is 8.03. The smallest absolute Gasteiger partial charge is 0.0978 e. The molecule has 13 heavy (non-hydrogen) atoms. The second-order valence-electron chi connectivity index (χ2n) is 3.34. The third-order valence-electron chi connectivity index (χ3n) is 1.14. The van der Waals surface area contributed by atoms with Gasteiger partial charge in [0.05, 0.1) is 5.01 Å². The number of rotatable bonds is 0. The predicted molar refractivity (Wildman–Crippen MR) is 61.8 cm³/mol. The van der Waals surface area contributed by atoms with E-state index in [1.54, 1.807) is 11.3 Å². The largest absolute Gasteiger partial charge is 0.359 e. The fourth-order valence-electron chi connectivity index (χ4n) is 0.594. The highest BCUT2D eigenvalue weighted by molar-refractivity contribution is 7.85. The molecule has 2 nitrogen and oxygen atoms in total. The van der Waals surface area contributed by atoms with Crippen LogP contribution in [0.1, 0.15) is 25.8 Å². The van der Waals surface area contributed by atoms with Crippen LogP contribution in [0.15, 0.2) is 11.6 Å². The van der Waals surface area contributed by atoms with Crippen LogP contribution >= 0.6 is 24.0 Å². The van der Waals surface area contributed by atoms with Crippen molar-refractivity contribution >= 4 is 24.0 Å². The molecule has 0 saturated carbocycles. The van der Waals surface area contributed by atoms with Crippen LogP contribution in [0.25, 0.3) is 0 Å². The van der Waals surface area contributed by atoms with Gasteiger partial charge in [0.1, 0.15) is 0 Å². The fraction of sp³-hybridized carbons (Fsp3) is 0.444. The second-order valence-corrected chi connectivity index (χ2v) is 4.46. The Morgan fingerprint density at radius 3 is 2.23 bits per heavy atom. The van der Waals surface area contributed by atoms with Gasteiger partial charge < -0.3 is 5.73 Å². The standard InChI is InChI=1S/C7H11NS.C2H3NS/c1-7(2,3)6-8-4-5-9-6;3-1-2-4/h4-5H,1-3H3;4H,3H2. The van der Waals surface area contributed by atoms with Crippen molar-refractivity contribution in [3.63, 3.8) is 0 Å². The van der Waals surface area contributed by atoms with Gasteiger partial charge >= 0.3 is 0 Å². The molecule has 0 amide bonds. The van der Waals surface area contributed by atoms with E-state index in [2.05, 4.69) is 49.4 Å². The Morgan fingerprint density at radius 1 is 1.54 bits per heavy atom. The van der Waals surface area contributed by atoms with Crippen LogP contribution in [0, 0.1) is 11.3 Å². The van der Waals surface area contributed by atoms with Gasteiger partial charge in [-0.2, -0.15) is 0 Å². The SMILES string of the molecule is CC(C)(C)c1nccs1.NC#CS. The Kier molecular flexibility index (Phi) is 5.60. The lowest BCUT2D eigenvalue weighted by Crippen LogP contribution is -2.09. The van der Waals surface area contributed by atoms with Crippen molar-refractivity contribution in [2.75, 3.05) is 0 Å². The van der Waals surface area contributed by atoms with Crippen LogP contribution in [-0.2, 0) is 5.41 Å². The van der Waals surface area contributed by atoms with E-state index in [9.17, 15) is 0 Å². The van der Waals surface area contributed by atoms with Gasteiger partial charge in [0.25, 0.3) is 0 Å². The van der Waals surface area contributed by atoms with Crippen LogP contribution in [0.5, 0.6) is 0 Å². The molecule has 0 radical (unpaired) electrons. The number of aromatic nitrogens is 1. The van der Waals surface area contributed by atoms with Crippen LogP contribution in [-0.4, -0.2) is 4.98 Å². The molecule has 0 unspecified atom stereocenters. The summed E-state index contributed by atoms with van der Waals surface area (Å²) in [5, 5.41) is 5.38. The van der Waals surface area contributed by atoms with Crippen molar-refractivity contribution in [2.24, 2.45) is 5.73 Å². The minimum absolute atomic E-state index is 0.230. The van der Waals surface area contributed by atoms with E-state index in [1.165, 1.54) is 5.01 Å². The number of nitrogens with zero attached hydrogens (tertiary/aromatic N) is 1. The third-order valence-corrected chi connectivity index (χ3v) is 2.47. The Hall–Kier alpha value is -0.660. The molecule has 2 N–H and O–H groups in total. The first kappa shape index (κ1) is 12.3. The molecule has 0 aliphatic carbocycles. The number of thiol groups is 1. The summed E-state index contributed by atoms with van der Waals surface area (Å²) in [4.78, 5) is 4.21. The maximum atomic E-state index is 4.59. The number of hydrogen-bond acceptors (Lipinski definition) is 4. The van der Waals surface area contributed by atoms with Crippen molar-refractivity contribution < 1.29 is 0 Å². The fourth-order valence-corrected chi connectivity index (χ4v) is 1.32. The van der Waals surface area contributed by atoms with E-state index in [0.717, 1.165) is 0 Å². The molecule has 0 spiro atoms. The van der Waals surface area contributed by atoms with E-state index < -0.39 is 0 Å². The van der Waals surface area contributed by atoms with Gasteiger partial charge in [0, 0.05) is 23.0 Å². The highest BCUT2D eigenvalue weighted by Crippen LogP contribution is 2.23.